The molecule has 2 aliphatic rings. The van der Waals surface area contributed by atoms with E-state index in [1.54, 1.807) is 0 Å². The molecule has 3 heterocycles. The third kappa shape index (κ3) is 2.50. The van der Waals surface area contributed by atoms with Gasteiger partial charge in [0.2, 0.25) is 5.91 Å². The maximum Gasteiger partial charge on any atom is 0.323 e. The van der Waals surface area contributed by atoms with Gasteiger partial charge in [-0.25, -0.2) is 0 Å². The Morgan fingerprint density at radius 3 is 2.64 bits per heavy atom. The van der Waals surface area contributed by atoms with Gasteiger partial charge in [-0.3, -0.25) is 19.1 Å². The van der Waals surface area contributed by atoms with E-state index >= 15 is 0 Å². The van der Waals surface area contributed by atoms with Crippen LogP contribution in [0.3, 0.4) is 0 Å². The number of carbonyl (C=O) groups is 2. The first-order valence-corrected chi connectivity index (χ1v) is 9.72. The van der Waals surface area contributed by atoms with Crippen LogP contribution >= 0.6 is 0 Å². The lowest BCUT2D eigenvalue weighted by Crippen LogP contribution is -2.50. The van der Waals surface area contributed by atoms with Gasteiger partial charge in [0.15, 0.2) is 0 Å². The predicted octanol–water partition coefficient (Wildman–Crippen LogP) is 3.72. The Morgan fingerprint density at radius 2 is 1.86 bits per heavy atom. The lowest BCUT2D eigenvalue weighted by Gasteiger charge is -2.43. The summed E-state index contributed by atoms with van der Waals surface area (Å²) in [6, 6.07) is 17.9. The number of benzene rings is 2. The van der Waals surface area contributed by atoms with Gasteiger partial charge in [0.1, 0.15) is 6.04 Å². The number of fused-ring (bicyclic) bond motifs is 3. The van der Waals surface area contributed by atoms with E-state index in [0.29, 0.717) is 19.4 Å². The van der Waals surface area contributed by atoms with Gasteiger partial charge >= 0.3 is 5.97 Å². The highest BCUT2D eigenvalue weighted by atomic mass is 16.5. The third-order valence-electron chi connectivity index (χ3n) is 6.10. The fourth-order valence-electron chi connectivity index (χ4n) is 4.89. The number of aromatic nitrogens is 1. The third-order valence-corrected chi connectivity index (χ3v) is 6.10. The minimum atomic E-state index is -0.352. The zero-order chi connectivity index (χ0) is 19.3. The van der Waals surface area contributed by atoms with Crippen LogP contribution in [0.2, 0.25) is 0 Å². The summed E-state index contributed by atoms with van der Waals surface area (Å²) in [5.41, 5.74) is 4.29. The molecule has 2 aromatic carbocycles. The zero-order valence-electron chi connectivity index (χ0n) is 15.8. The van der Waals surface area contributed by atoms with E-state index in [9.17, 15) is 9.59 Å². The summed E-state index contributed by atoms with van der Waals surface area (Å²) in [4.78, 5) is 27.7. The molecule has 28 heavy (non-hydrogen) atoms. The molecule has 3 aromatic rings. The fourth-order valence-corrected chi connectivity index (χ4v) is 4.89. The molecule has 142 valence electrons. The van der Waals surface area contributed by atoms with E-state index in [4.69, 9.17) is 4.74 Å². The van der Waals surface area contributed by atoms with E-state index in [1.807, 2.05) is 41.0 Å². The molecule has 2 aliphatic heterocycles. The van der Waals surface area contributed by atoms with Crippen molar-refractivity contribution in [2.75, 3.05) is 7.11 Å². The van der Waals surface area contributed by atoms with Crippen molar-refractivity contribution >= 4 is 22.8 Å². The monoisotopic (exact) mass is 374 g/mol. The summed E-state index contributed by atoms with van der Waals surface area (Å²) in [6.07, 6.45) is 1.77. The van der Waals surface area contributed by atoms with Crippen LogP contribution in [0.4, 0.5) is 0 Å². The van der Waals surface area contributed by atoms with E-state index in [-0.39, 0.29) is 24.0 Å². The Balaban J connectivity index is 1.69. The number of esters is 1. The SMILES string of the molecule is COC(=O)[C@@H]1Cc2c3n(c4ccccc24)C(=O)CC[C@H]3N1Cc1ccccc1. The number of nitrogens with zero attached hydrogens (tertiary/aromatic N) is 2. The number of ether oxygens (including phenoxy) is 1. The molecule has 0 unspecified atom stereocenters. The van der Waals surface area contributed by atoms with Gasteiger partial charge in [-0.15, -0.1) is 0 Å². The van der Waals surface area contributed by atoms with Gasteiger partial charge in [0.25, 0.3) is 0 Å². The van der Waals surface area contributed by atoms with Crippen molar-refractivity contribution in [2.45, 2.75) is 37.9 Å². The molecule has 0 fully saturated rings. The Morgan fingerprint density at radius 1 is 1.11 bits per heavy atom. The van der Waals surface area contributed by atoms with Crippen LogP contribution < -0.4 is 0 Å². The quantitative estimate of drug-likeness (QED) is 0.656. The average molecular weight is 374 g/mol. The molecule has 0 aliphatic carbocycles. The maximum atomic E-state index is 12.8. The summed E-state index contributed by atoms with van der Waals surface area (Å²) in [7, 11) is 1.45. The van der Waals surface area contributed by atoms with Crippen LogP contribution in [0.25, 0.3) is 10.9 Å². The highest BCUT2D eigenvalue weighted by Gasteiger charge is 2.44. The first-order chi connectivity index (χ1) is 13.7. The van der Waals surface area contributed by atoms with Crippen LogP contribution in [0.15, 0.2) is 54.6 Å². The van der Waals surface area contributed by atoms with Crippen LogP contribution in [-0.2, 0) is 22.5 Å². The molecule has 5 nitrogen and oxygen atoms in total. The summed E-state index contributed by atoms with van der Waals surface area (Å²) < 4.78 is 7.06. The molecular formula is C23H22N2O3. The van der Waals surface area contributed by atoms with Crippen molar-refractivity contribution in [2.24, 2.45) is 0 Å². The van der Waals surface area contributed by atoms with Crippen molar-refractivity contribution in [3.63, 3.8) is 0 Å². The van der Waals surface area contributed by atoms with E-state index < -0.39 is 0 Å². The zero-order valence-corrected chi connectivity index (χ0v) is 15.8. The largest absolute Gasteiger partial charge is 0.468 e. The number of hydrogen-bond acceptors (Lipinski definition) is 4. The number of methoxy groups -OCH3 is 1. The Bertz CT molecular complexity index is 1070. The van der Waals surface area contributed by atoms with Crippen molar-refractivity contribution < 1.29 is 14.3 Å². The molecule has 5 heteroatoms. The summed E-state index contributed by atoms with van der Waals surface area (Å²) >= 11 is 0. The normalized spacial score (nSPS) is 21.5. The topological polar surface area (TPSA) is 51.5 Å². The maximum absolute atomic E-state index is 12.8. The minimum Gasteiger partial charge on any atom is -0.468 e. The number of rotatable bonds is 3. The first-order valence-electron chi connectivity index (χ1n) is 9.72. The number of para-hydroxylation sites is 1. The molecule has 0 saturated heterocycles. The predicted molar refractivity (Wildman–Crippen MR) is 106 cm³/mol. The van der Waals surface area contributed by atoms with Crippen LogP contribution in [0.5, 0.6) is 0 Å². The summed E-state index contributed by atoms with van der Waals surface area (Å²) in [6.45, 7) is 0.653. The van der Waals surface area contributed by atoms with Crippen molar-refractivity contribution in [3.8, 4) is 0 Å². The Kier molecular flexibility index (Phi) is 4.05. The highest BCUT2D eigenvalue weighted by Crippen LogP contribution is 2.44. The molecular weight excluding hydrogens is 352 g/mol. The highest BCUT2D eigenvalue weighted by molar-refractivity contribution is 5.98. The minimum absolute atomic E-state index is 0.0261. The van der Waals surface area contributed by atoms with Crippen LogP contribution in [0.1, 0.15) is 40.5 Å². The van der Waals surface area contributed by atoms with Crippen molar-refractivity contribution in [1.82, 2.24) is 9.47 Å². The second-order valence-corrected chi connectivity index (χ2v) is 7.57. The van der Waals surface area contributed by atoms with Gasteiger partial charge in [0, 0.05) is 30.5 Å². The number of carbonyl (C=O) groups excluding carboxylic acids is 2. The van der Waals surface area contributed by atoms with Crippen LogP contribution in [0, 0.1) is 0 Å². The molecule has 0 amide bonds. The Hall–Kier alpha value is -2.92. The standard InChI is InChI=1S/C23H22N2O3/c1-28-23(27)20-13-17-16-9-5-6-10-18(16)25-21(26)12-11-19(22(17)25)24(20)14-15-7-3-2-4-8-15/h2-10,19-20H,11-14H2,1H3/t19-,20+/m1/s1. The lowest BCUT2D eigenvalue weighted by atomic mass is 9.87. The van der Waals surface area contributed by atoms with Gasteiger partial charge in [-0.05, 0) is 23.6 Å². The second kappa shape index (κ2) is 6.60. The van der Waals surface area contributed by atoms with E-state index in [0.717, 1.165) is 34.1 Å². The molecule has 1 aromatic heterocycles. The van der Waals surface area contributed by atoms with Crippen LogP contribution in [-0.4, -0.2) is 34.5 Å². The Labute approximate surface area is 163 Å². The average Bonchev–Trinajstić information content (AvgIpc) is 3.07. The number of hydrogen-bond donors (Lipinski definition) is 0. The van der Waals surface area contributed by atoms with E-state index in [1.165, 1.54) is 7.11 Å². The first kappa shape index (κ1) is 17.2. The molecule has 0 bridgehead atoms. The van der Waals surface area contributed by atoms with E-state index in [2.05, 4.69) is 23.1 Å². The molecule has 0 N–H and O–H groups in total. The lowest BCUT2D eigenvalue weighted by molar-refractivity contribution is -0.149. The molecule has 2 atom stereocenters. The van der Waals surface area contributed by atoms with Crippen molar-refractivity contribution in [3.05, 3.63) is 71.4 Å². The molecule has 0 spiro atoms. The fraction of sp³-hybridized carbons (Fsp3) is 0.304. The van der Waals surface area contributed by atoms with Gasteiger partial charge < -0.3 is 4.74 Å². The van der Waals surface area contributed by atoms with Crippen molar-refractivity contribution in [1.29, 1.82) is 0 Å². The molecule has 0 saturated carbocycles. The summed E-state index contributed by atoms with van der Waals surface area (Å²) in [5.74, 6) is -0.0693. The van der Waals surface area contributed by atoms with Gasteiger partial charge in [-0.2, -0.15) is 0 Å². The molecule has 5 rings (SSSR count). The van der Waals surface area contributed by atoms with Gasteiger partial charge in [-0.1, -0.05) is 48.5 Å². The molecule has 0 radical (unpaired) electrons. The second-order valence-electron chi connectivity index (χ2n) is 7.57. The smallest absolute Gasteiger partial charge is 0.323 e. The van der Waals surface area contributed by atoms with Gasteiger partial charge in [0.05, 0.1) is 18.7 Å². The summed E-state index contributed by atoms with van der Waals surface area (Å²) in [5, 5.41) is 1.08.